The highest BCUT2D eigenvalue weighted by molar-refractivity contribution is 6.31. The van der Waals surface area contributed by atoms with Gasteiger partial charge in [0.2, 0.25) is 0 Å². The van der Waals surface area contributed by atoms with Gasteiger partial charge in [0, 0.05) is 22.0 Å². The number of anilines is 1. The van der Waals surface area contributed by atoms with E-state index in [1.165, 1.54) is 0 Å². The summed E-state index contributed by atoms with van der Waals surface area (Å²) in [5.41, 5.74) is 10.6. The number of hydrogen-bond donors (Lipinski definition) is 1. The van der Waals surface area contributed by atoms with Gasteiger partial charge in [0.25, 0.3) is 0 Å². The van der Waals surface area contributed by atoms with Gasteiger partial charge >= 0.3 is 0 Å². The zero-order chi connectivity index (χ0) is 14.1. The first-order chi connectivity index (χ1) is 9.65. The molecule has 4 heteroatoms. The van der Waals surface area contributed by atoms with Gasteiger partial charge in [0.05, 0.1) is 18.2 Å². The van der Waals surface area contributed by atoms with Gasteiger partial charge in [-0.15, -0.1) is 0 Å². The third-order valence-electron chi connectivity index (χ3n) is 3.25. The van der Waals surface area contributed by atoms with Crippen molar-refractivity contribution in [3.8, 4) is 16.9 Å². The van der Waals surface area contributed by atoms with Crippen LogP contribution in [0, 0.1) is 6.92 Å². The van der Waals surface area contributed by atoms with Crippen molar-refractivity contribution in [2.24, 2.45) is 0 Å². The molecule has 100 valence electrons. The third kappa shape index (κ3) is 2.28. The normalized spacial score (nSPS) is 10.7. The van der Waals surface area contributed by atoms with Crippen molar-refractivity contribution in [3.63, 3.8) is 0 Å². The lowest BCUT2D eigenvalue weighted by atomic mass is 10.1. The fourth-order valence-electron chi connectivity index (χ4n) is 2.14. The first-order valence-electron chi connectivity index (χ1n) is 6.30. The third-order valence-corrected chi connectivity index (χ3v) is 3.66. The number of nitrogens with zero attached hydrogens (tertiary/aromatic N) is 2. The second kappa shape index (κ2) is 5.02. The van der Waals surface area contributed by atoms with Gasteiger partial charge in [0.15, 0.2) is 0 Å². The van der Waals surface area contributed by atoms with E-state index in [1.54, 1.807) is 6.33 Å². The Morgan fingerprint density at radius 3 is 2.75 bits per heavy atom. The van der Waals surface area contributed by atoms with Gasteiger partial charge < -0.3 is 5.73 Å². The molecule has 0 fully saturated rings. The van der Waals surface area contributed by atoms with Crippen LogP contribution in [0.3, 0.4) is 0 Å². The first-order valence-corrected chi connectivity index (χ1v) is 6.68. The standard InChI is InChI=1S/C16H14ClN3/c1-11-5-6-12(7-15(11)17)16-9-19-10-20(16)14-4-2-3-13(18)8-14/h2-10H,18H2,1H3. The number of nitrogen functional groups attached to an aromatic ring is 1. The molecule has 20 heavy (non-hydrogen) atoms. The summed E-state index contributed by atoms with van der Waals surface area (Å²) in [6, 6.07) is 13.7. The predicted molar refractivity (Wildman–Crippen MR) is 83.2 cm³/mol. The Hall–Kier alpha value is -2.26. The quantitative estimate of drug-likeness (QED) is 0.720. The second-order valence-electron chi connectivity index (χ2n) is 4.71. The van der Waals surface area contributed by atoms with E-state index in [0.29, 0.717) is 0 Å². The van der Waals surface area contributed by atoms with Crippen LogP contribution >= 0.6 is 11.6 Å². The Labute approximate surface area is 122 Å². The molecule has 1 heterocycles. The van der Waals surface area contributed by atoms with Gasteiger partial charge in [0.1, 0.15) is 0 Å². The lowest BCUT2D eigenvalue weighted by molar-refractivity contribution is 1.06. The number of nitrogens with two attached hydrogens (primary N) is 1. The lowest BCUT2D eigenvalue weighted by Crippen LogP contribution is -1.96. The monoisotopic (exact) mass is 283 g/mol. The summed E-state index contributed by atoms with van der Waals surface area (Å²) in [5.74, 6) is 0. The molecule has 0 aliphatic carbocycles. The van der Waals surface area contributed by atoms with Gasteiger partial charge in [-0.25, -0.2) is 4.98 Å². The fraction of sp³-hybridized carbons (Fsp3) is 0.0625. The van der Waals surface area contributed by atoms with E-state index in [1.807, 2.05) is 60.2 Å². The summed E-state index contributed by atoms with van der Waals surface area (Å²) in [6.45, 7) is 1.99. The summed E-state index contributed by atoms with van der Waals surface area (Å²) >= 11 is 6.20. The molecule has 0 aliphatic rings. The predicted octanol–water partition coefficient (Wildman–Crippen LogP) is 4.08. The van der Waals surface area contributed by atoms with Crippen molar-refractivity contribution in [1.29, 1.82) is 0 Å². The molecule has 0 amide bonds. The zero-order valence-corrected chi connectivity index (χ0v) is 11.8. The molecule has 3 nitrogen and oxygen atoms in total. The Kier molecular flexibility index (Phi) is 3.20. The number of imidazole rings is 1. The molecule has 2 N–H and O–H groups in total. The smallest absolute Gasteiger partial charge is 0.0997 e. The largest absolute Gasteiger partial charge is 0.399 e. The van der Waals surface area contributed by atoms with Crippen LogP contribution in [0.1, 0.15) is 5.56 Å². The van der Waals surface area contributed by atoms with Crippen LogP contribution in [0.25, 0.3) is 16.9 Å². The van der Waals surface area contributed by atoms with E-state index < -0.39 is 0 Å². The number of benzene rings is 2. The van der Waals surface area contributed by atoms with Crippen molar-refractivity contribution >= 4 is 17.3 Å². The number of aromatic nitrogens is 2. The molecule has 3 rings (SSSR count). The summed E-state index contributed by atoms with van der Waals surface area (Å²) in [7, 11) is 0. The maximum atomic E-state index is 6.20. The SMILES string of the molecule is Cc1ccc(-c2cncn2-c2cccc(N)c2)cc1Cl. The summed E-state index contributed by atoms with van der Waals surface area (Å²) in [6.07, 6.45) is 3.60. The Balaban J connectivity index is 2.12. The van der Waals surface area contributed by atoms with Crippen LogP contribution in [-0.4, -0.2) is 9.55 Å². The minimum atomic E-state index is 0.726. The van der Waals surface area contributed by atoms with Crippen molar-refractivity contribution < 1.29 is 0 Å². The number of rotatable bonds is 2. The van der Waals surface area contributed by atoms with E-state index >= 15 is 0 Å². The van der Waals surface area contributed by atoms with Gasteiger partial charge in [-0.3, -0.25) is 4.57 Å². The van der Waals surface area contributed by atoms with Crippen LogP contribution in [-0.2, 0) is 0 Å². The van der Waals surface area contributed by atoms with E-state index in [2.05, 4.69) is 4.98 Å². The zero-order valence-electron chi connectivity index (χ0n) is 11.0. The first kappa shape index (κ1) is 12.8. The van der Waals surface area contributed by atoms with Crippen molar-refractivity contribution in [3.05, 3.63) is 65.6 Å². The summed E-state index contributed by atoms with van der Waals surface area (Å²) < 4.78 is 2.00. The molecule has 0 saturated carbocycles. The molecule has 0 atom stereocenters. The lowest BCUT2D eigenvalue weighted by Gasteiger charge is -2.10. The Morgan fingerprint density at radius 2 is 2.00 bits per heavy atom. The van der Waals surface area contributed by atoms with E-state index in [0.717, 1.165) is 33.2 Å². The summed E-state index contributed by atoms with van der Waals surface area (Å²) in [4.78, 5) is 4.24. The Bertz CT molecular complexity index is 762. The van der Waals surface area contributed by atoms with Crippen LogP contribution in [0.2, 0.25) is 5.02 Å². The van der Waals surface area contributed by atoms with E-state index in [-0.39, 0.29) is 0 Å². The average Bonchev–Trinajstić information content (AvgIpc) is 2.91. The minimum absolute atomic E-state index is 0.726. The molecular weight excluding hydrogens is 270 g/mol. The number of hydrogen-bond acceptors (Lipinski definition) is 2. The maximum Gasteiger partial charge on any atom is 0.0997 e. The maximum absolute atomic E-state index is 6.20. The number of aryl methyl sites for hydroxylation is 1. The van der Waals surface area contributed by atoms with E-state index in [4.69, 9.17) is 17.3 Å². The highest BCUT2D eigenvalue weighted by Crippen LogP contribution is 2.27. The van der Waals surface area contributed by atoms with Gasteiger partial charge in [-0.1, -0.05) is 29.8 Å². The highest BCUT2D eigenvalue weighted by atomic mass is 35.5. The molecule has 0 saturated heterocycles. The van der Waals surface area contributed by atoms with E-state index in [9.17, 15) is 0 Å². The molecule has 0 bridgehead atoms. The van der Waals surface area contributed by atoms with Crippen LogP contribution < -0.4 is 5.73 Å². The van der Waals surface area contributed by atoms with Crippen LogP contribution in [0.5, 0.6) is 0 Å². The van der Waals surface area contributed by atoms with Gasteiger partial charge in [-0.2, -0.15) is 0 Å². The second-order valence-corrected chi connectivity index (χ2v) is 5.12. The Morgan fingerprint density at radius 1 is 1.15 bits per heavy atom. The molecular formula is C16H14ClN3. The molecule has 0 aliphatic heterocycles. The molecule has 0 unspecified atom stereocenters. The highest BCUT2D eigenvalue weighted by Gasteiger charge is 2.08. The molecule has 0 radical (unpaired) electrons. The van der Waals surface area contributed by atoms with Gasteiger partial charge in [-0.05, 0) is 36.8 Å². The van der Waals surface area contributed by atoms with Crippen molar-refractivity contribution in [2.75, 3.05) is 5.73 Å². The summed E-state index contributed by atoms with van der Waals surface area (Å²) in [5, 5.41) is 0.753. The fourth-order valence-corrected chi connectivity index (χ4v) is 2.32. The molecule has 2 aromatic carbocycles. The van der Waals surface area contributed by atoms with Crippen LogP contribution in [0.15, 0.2) is 55.0 Å². The van der Waals surface area contributed by atoms with Crippen LogP contribution in [0.4, 0.5) is 5.69 Å². The molecule has 0 spiro atoms. The topological polar surface area (TPSA) is 43.8 Å². The number of halogens is 1. The average molecular weight is 284 g/mol. The van der Waals surface area contributed by atoms with Crippen molar-refractivity contribution in [1.82, 2.24) is 9.55 Å². The molecule has 1 aromatic heterocycles. The minimum Gasteiger partial charge on any atom is -0.399 e. The van der Waals surface area contributed by atoms with Crippen molar-refractivity contribution in [2.45, 2.75) is 6.92 Å². The molecule has 3 aromatic rings.